The van der Waals surface area contributed by atoms with Gasteiger partial charge >= 0.3 is 35.8 Å². The Morgan fingerprint density at radius 2 is 0.948 bits per heavy atom. The summed E-state index contributed by atoms with van der Waals surface area (Å²) < 4.78 is 23.7. The molecule has 2 radical (unpaired) electrons. The molecule has 5 aromatic carbocycles. The molecule has 4 atom stereocenters. The Kier molecular flexibility index (Phi) is 47.9. The van der Waals surface area contributed by atoms with Crippen LogP contribution >= 0.6 is 0 Å². The standard InChI is InChI=1S/C16H19NO2.C14H15NO2.C13H17NO4.C11H15NO3.C9H10O.C5H7NO2.C4H6O3.BH.U/c1-3-19-16(18)15-14(12(2)11-17-15)10-9-13-7-5-4-6-8-13;1-10-9-15-13(14(16)17)12(10)8-7-11-5-3-2-4-6-11;1-10(14(16)17)13(18-11(2)15)9-8-12-6-4-3-5-7-12;1-9(12(14)15)11(13)8-7-10-5-3-2-4-6-10;10-8-4-7-9-5-2-1-3-6-9;1-2-8-5(7)3-4-6;1-3(5)7-4(2)6;;/h4-8,11,17H,3,9-10H2,1-2H3;2-6,9,15H,7-8H2,1H3,(H,16,17);3-7,10,13H,8-9H2,1-2H3;2-6,9,11,13H,7-8H2,1H3;1-3,5-6,8H,4,7H2;2-3H2,1H3;1-2H3;1H;/i;;;;;;;1D;. The number of benzene rings is 5. The normalized spacial score (nSPS) is 10.9. The summed E-state index contributed by atoms with van der Waals surface area (Å²) in [5, 5.41) is 47.6. The maximum atomic E-state index is 11.8. The number of carbonyl (C=O) groups excluding carboxylic acids is 6. The van der Waals surface area contributed by atoms with Crippen molar-refractivity contribution in [2.75, 3.05) is 13.2 Å². The van der Waals surface area contributed by atoms with Crippen molar-refractivity contribution in [1.29, 1.82) is 6.60 Å². The quantitative estimate of drug-likeness (QED) is 0.00785. The van der Waals surface area contributed by atoms with Gasteiger partial charge in [0.05, 0.1) is 19.3 Å². The number of aromatic carboxylic acids is 1. The molecule has 0 saturated heterocycles. The van der Waals surface area contributed by atoms with E-state index >= 15 is 0 Å². The fourth-order valence-electron chi connectivity index (χ4n) is 8.54. The number of carboxylic acids is 1. The Hall–Kier alpha value is -9.28. The van der Waals surface area contributed by atoms with E-state index < -0.39 is 64.0 Å². The predicted octanol–water partition coefficient (Wildman–Crippen LogP) is 11.7. The van der Waals surface area contributed by atoms with Gasteiger partial charge in [-0.25, -0.2) is 9.59 Å². The Bertz CT molecular complexity index is 3380. The molecule has 0 fully saturated rings. The first-order valence-corrected chi connectivity index (χ1v) is 30.6. The second kappa shape index (κ2) is 53.0. The first-order chi connectivity index (χ1) is 45.9. The third-order valence-electron chi connectivity index (χ3n) is 13.5. The number of nitriles is 1. The molecule has 0 amide bonds. The van der Waals surface area contributed by atoms with Crippen LogP contribution in [0, 0.1) is 76.5 Å². The van der Waals surface area contributed by atoms with Crippen molar-refractivity contribution in [1.82, 2.24) is 9.97 Å². The number of ether oxygens (including phenoxy) is 4. The van der Waals surface area contributed by atoms with Crippen LogP contribution in [0.15, 0.2) is 164 Å². The molecule has 24 heteroatoms. The number of aryl methyl sites for hydroxylation is 7. The number of nitrogens with one attached hydrogen (secondary N) is 2. The van der Waals surface area contributed by atoms with E-state index in [9.17, 15) is 58.9 Å². The number of hydrogen-bond donors (Lipinski definition) is 4. The molecule has 4 unspecified atom stereocenters. The van der Waals surface area contributed by atoms with Crippen LogP contribution in [0.25, 0.3) is 0 Å². The SMILES string of the molecule is CC(=O)OC(C)=O.CC(=O)OC(CCc1ccccc1)C(C)[N+](=O)[O-].CC(C(O)CCc1ccccc1)[N+](=O)[O-].CCOC(=O)CC#N.CCOC(=O)c1[nH]cc(C)c1CCc1ccccc1.Cc1c[nH]c(C(=O)O)c1CCc1ccccc1.O=CCCc1ccccc1.[2H][B].[U]. The third-order valence-corrected chi connectivity index (χ3v) is 13.5. The van der Waals surface area contributed by atoms with Gasteiger partial charge in [-0.05, 0) is 137 Å². The third kappa shape index (κ3) is 40.1. The summed E-state index contributed by atoms with van der Waals surface area (Å²) in [5.41, 5.74) is 10.9. The zero-order valence-corrected chi connectivity index (χ0v) is 60.3. The maximum absolute atomic E-state index is 11.8. The molecule has 512 valence electrons. The largest absolute Gasteiger partial charge is 0.477 e. The monoisotopic (exact) mass is 1550 g/mol. The van der Waals surface area contributed by atoms with E-state index in [-0.39, 0.29) is 43.5 Å². The van der Waals surface area contributed by atoms with Crippen molar-refractivity contribution in [3.8, 4) is 6.07 Å². The van der Waals surface area contributed by atoms with Crippen molar-refractivity contribution < 1.29 is 104 Å². The van der Waals surface area contributed by atoms with Gasteiger partial charge in [0.1, 0.15) is 30.2 Å². The number of rotatable bonds is 25. The van der Waals surface area contributed by atoms with Crippen molar-refractivity contribution >= 4 is 50.5 Å². The van der Waals surface area contributed by atoms with Gasteiger partial charge in [-0.1, -0.05) is 152 Å². The zero-order chi connectivity index (χ0) is 72.2. The molecule has 2 heterocycles. The number of aromatic nitrogens is 2. The minimum absolute atomic E-state index is 0. The number of aromatic amines is 2. The molecule has 96 heavy (non-hydrogen) atoms. The molecule has 0 saturated carbocycles. The first-order valence-electron chi connectivity index (χ1n) is 31.2. The van der Waals surface area contributed by atoms with E-state index in [2.05, 4.69) is 52.1 Å². The molecule has 7 aromatic rings. The Balaban J connectivity index is 0. The fraction of sp³-hybridized carbons (Fsp3) is 0.361. The van der Waals surface area contributed by atoms with Gasteiger partial charge in [0.2, 0.25) is 12.1 Å². The summed E-state index contributed by atoms with van der Waals surface area (Å²) in [6.45, 7) is 14.7. The first kappa shape index (κ1) is 86.7. The van der Waals surface area contributed by atoms with E-state index in [0.29, 0.717) is 56.7 Å². The van der Waals surface area contributed by atoms with Gasteiger partial charge in [0.15, 0.2) is 6.10 Å². The van der Waals surface area contributed by atoms with E-state index in [1.54, 1.807) is 19.2 Å². The second-order valence-corrected chi connectivity index (χ2v) is 20.9. The number of carboxylic acid groups (broad SMARTS) is 1. The molecule has 4 N–H and O–H groups in total. The Morgan fingerprint density at radius 1 is 0.583 bits per heavy atom. The number of aliphatic hydroxyl groups is 1. The van der Waals surface area contributed by atoms with E-state index in [1.807, 2.05) is 154 Å². The number of aldehydes is 1. The summed E-state index contributed by atoms with van der Waals surface area (Å²) in [4.78, 5) is 99.7. The van der Waals surface area contributed by atoms with E-state index in [1.165, 1.54) is 51.3 Å². The van der Waals surface area contributed by atoms with Crippen LogP contribution in [0.2, 0.25) is 0 Å². The Labute approximate surface area is 589 Å². The summed E-state index contributed by atoms with van der Waals surface area (Å²) in [5.74, 6) is -3.21. The number of esters is 5. The van der Waals surface area contributed by atoms with Crippen LogP contribution in [-0.2, 0) is 87.9 Å². The summed E-state index contributed by atoms with van der Waals surface area (Å²) in [6, 6.07) is 49.5. The van der Waals surface area contributed by atoms with Crippen LogP contribution in [0.1, 0.15) is 145 Å². The predicted molar refractivity (Wildman–Crippen MR) is 363 cm³/mol. The number of H-pyrrole nitrogens is 2. The number of nitrogens with zero attached hydrogens (tertiary/aromatic N) is 3. The molecular formula is C72H90BN5O17U. The van der Waals surface area contributed by atoms with Crippen molar-refractivity contribution in [3.05, 3.63) is 246 Å². The van der Waals surface area contributed by atoms with Gasteiger partial charge in [-0.3, -0.25) is 39.4 Å². The van der Waals surface area contributed by atoms with Crippen molar-refractivity contribution in [2.45, 2.75) is 157 Å². The number of aliphatic hydroxyl groups excluding tert-OH is 1. The molecular weight excluding hydrogens is 1460 g/mol. The van der Waals surface area contributed by atoms with Gasteiger partial charge < -0.3 is 43.9 Å². The maximum Gasteiger partial charge on any atom is 0.355 e. The average molecular weight is 1550 g/mol. The number of carbonyl (C=O) groups is 7. The van der Waals surface area contributed by atoms with Crippen LogP contribution in [0.3, 0.4) is 0 Å². The van der Waals surface area contributed by atoms with Crippen LogP contribution in [-0.4, -0.2) is 119 Å². The average Bonchev–Trinajstić information content (AvgIpc) is 1.76. The molecule has 22 nitrogen and oxygen atoms in total. The molecule has 0 bridgehead atoms. The fourth-order valence-corrected chi connectivity index (χ4v) is 8.54. The summed E-state index contributed by atoms with van der Waals surface area (Å²) >= 11 is 0. The number of hydrogen-bond acceptors (Lipinski definition) is 17. The van der Waals surface area contributed by atoms with Crippen molar-refractivity contribution in [3.63, 3.8) is 0 Å². The minimum Gasteiger partial charge on any atom is -0.477 e. The van der Waals surface area contributed by atoms with Gasteiger partial charge in [0.25, 0.3) is 0 Å². The summed E-state index contributed by atoms with van der Waals surface area (Å²) in [7, 11) is 3.75. The molecule has 0 aliphatic heterocycles. The molecule has 0 aliphatic rings. The van der Waals surface area contributed by atoms with Gasteiger partial charge in [-0.2, -0.15) is 5.26 Å². The van der Waals surface area contributed by atoms with Crippen LogP contribution < -0.4 is 0 Å². The molecule has 0 aliphatic carbocycles. The molecule has 0 spiro atoms. The van der Waals surface area contributed by atoms with Crippen molar-refractivity contribution in [2.24, 2.45) is 0 Å². The second-order valence-electron chi connectivity index (χ2n) is 20.9. The Morgan fingerprint density at radius 3 is 1.28 bits per heavy atom. The van der Waals surface area contributed by atoms with Gasteiger partial charge in [-0.15, -0.1) is 0 Å². The van der Waals surface area contributed by atoms with E-state index in [0.717, 1.165) is 71.8 Å². The van der Waals surface area contributed by atoms with E-state index in [4.69, 9.17) is 21.2 Å². The minimum atomic E-state index is -0.895. The topological polar surface area (TPSA) is 339 Å². The summed E-state index contributed by atoms with van der Waals surface area (Å²) in [6.07, 6.45) is 9.93. The zero-order valence-electron chi connectivity index (χ0n) is 57.1. The molecule has 2 aromatic heterocycles. The van der Waals surface area contributed by atoms with Gasteiger partial charge in [0, 0.05) is 103 Å². The molecule has 7 rings (SSSR count). The smallest absolute Gasteiger partial charge is 0.355 e. The van der Waals surface area contributed by atoms with Crippen LogP contribution in [0.5, 0.6) is 0 Å². The van der Waals surface area contributed by atoms with Crippen LogP contribution in [0.4, 0.5) is 0 Å². The number of nitro groups is 2.